The number of carbonyl (C=O) groups is 1. The summed E-state index contributed by atoms with van der Waals surface area (Å²) in [7, 11) is 1.92. The molecule has 1 aliphatic heterocycles. The fraction of sp³-hybridized carbons (Fsp3) is 0.462. The zero-order valence-electron chi connectivity index (χ0n) is 10.5. The molecule has 0 bridgehead atoms. The van der Waals surface area contributed by atoms with Crippen LogP contribution in [0.5, 0.6) is 0 Å². The fourth-order valence-corrected chi connectivity index (χ4v) is 2.02. The van der Waals surface area contributed by atoms with Gasteiger partial charge in [-0.15, -0.1) is 0 Å². The fourth-order valence-electron chi connectivity index (χ4n) is 2.02. The number of rotatable bonds is 4. The lowest BCUT2D eigenvalue weighted by molar-refractivity contribution is -0.127. The van der Waals surface area contributed by atoms with E-state index in [1.54, 1.807) is 6.07 Å². The topological polar surface area (TPSA) is 60.2 Å². The van der Waals surface area contributed by atoms with E-state index in [9.17, 15) is 4.79 Å². The first-order valence-corrected chi connectivity index (χ1v) is 6.07. The van der Waals surface area contributed by atoms with Crippen LogP contribution in [0.1, 0.15) is 18.5 Å². The molecule has 2 rings (SSSR count). The molecule has 18 heavy (non-hydrogen) atoms. The van der Waals surface area contributed by atoms with Crippen molar-refractivity contribution in [1.29, 1.82) is 5.26 Å². The van der Waals surface area contributed by atoms with E-state index in [1.807, 2.05) is 35.0 Å². The molecule has 0 atom stereocenters. The van der Waals surface area contributed by atoms with Gasteiger partial charge in [-0.25, -0.2) is 4.98 Å². The van der Waals surface area contributed by atoms with Crippen LogP contribution < -0.4 is 4.90 Å². The van der Waals surface area contributed by atoms with Gasteiger partial charge >= 0.3 is 0 Å². The molecule has 1 saturated heterocycles. The van der Waals surface area contributed by atoms with Crippen LogP contribution in [0.15, 0.2) is 18.2 Å². The highest BCUT2D eigenvalue weighted by Crippen LogP contribution is 2.12. The molecule has 5 nitrogen and oxygen atoms in total. The van der Waals surface area contributed by atoms with Gasteiger partial charge in [-0.2, -0.15) is 5.26 Å². The van der Waals surface area contributed by atoms with E-state index in [-0.39, 0.29) is 5.91 Å². The minimum atomic E-state index is 0.238. The first-order chi connectivity index (χ1) is 8.70. The van der Waals surface area contributed by atoms with Gasteiger partial charge in [0.25, 0.3) is 0 Å². The third-order valence-electron chi connectivity index (χ3n) is 3.12. The molecule has 0 saturated carbocycles. The summed E-state index contributed by atoms with van der Waals surface area (Å²) in [6.07, 6.45) is 1.64. The molecule has 0 aliphatic carbocycles. The number of carbonyl (C=O) groups excluding carboxylic acids is 1. The van der Waals surface area contributed by atoms with E-state index in [2.05, 4.69) is 4.98 Å². The number of pyridine rings is 1. The Morgan fingerprint density at radius 1 is 1.56 bits per heavy atom. The molecular formula is C13H16N4O. The number of hydrogen-bond acceptors (Lipinski definition) is 4. The largest absolute Gasteiger partial charge is 0.358 e. The van der Waals surface area contributed by atoms with Gasteiger partial charge < -0.3 is 9.80 Å². The van der Waals surface area contributed by atoms with Crippen molar-refractivity contribution in [1.82, 2.24) is 9.88 Å². The minimum absolute atomic E-state index is 0.238. The monoisotopic (exact) mass is 244 g/mol. The average Bonchev–Trinajstić information content (AvgIpc) is 2.81. The summed E-state index contributed by atoms with van der Waals surface area (Å²) < 4.78 is 0. The SMILES string of the molecule is CN(CCN1CCCC1=O)c1cccc(C#N)n1. The maximum Gasteiger partial charge on any atom is 0.222 e. The van der Waals surface area contributed by atoms with Crippen molar-refractivity contribution < 1.29 is 4.79 Å². The summed E-state index contributed by atoms with van der Waals surface area (Å²) in [6.45, 7) is 2.31. The molecule has 2 heterocycles. The molecule has 5 heteroatoms. The van der Waals surface area contributed by atoms with Crippen LogP contribution in [-0.4, -0.2) is 42.5 Å². The Kier molecular flexibility index (Phi) is 3.78. The maximum absolute atomic E-state index is 11.5. The zero-order valence-corrected chi connectivity index (χ0v) is 10.5. The minimum Gasteiger partial charge on any atom is -0.358 e. The third-order valence-corrected chi connectivity index (χ3v) is 3.12. The van der Waals surface area contributed by atoms with Gasteiger partial charge in [0.1, 0.15) is 17.6 Å². The number of amides is 1. The second kappa shape index (κ2) is 5.50. The number of nitriles is 1. The van der Waals surface area contributed by atoms with E-state index in [4.69, 9.17) is 5.26 Å². The second-order valence-electron chi connectivity index (χ2n) is 4.40. The van der Waals surface area contributed by atoms with Crippen molar-refractivity contribution in [3.8, 4) is 6.07 Å². The second-order valence-corrected chi connectivity index (χ2v) is 4.40. The molecule has 0 radical (unpaired) electrons. The summed E-state index contributed by atoms with van der Waals surface area (Å²) in [5.41, 5.74) is 0.414. The number of anilines is 1. The first kappa shape index (κ1) is 12.4. The van der Waals surface area contributed by atoms with E-state index >= 15 is 0 Å². The van der Waals surface area contributed by atoms with Crippen molar-refractivity contribution >= 4 is 11.7 Å². The van der Waals surface area contributed by atoms with Crippen LogP contribution >= 0.6 is 0 Å². The number of nitrogens with zero attached hydrogens (tertiary/aromatic N) is 4. The average molecular weight is 244 g/mol. The molecular weight excluding hydrogens is 228 g/mol. The predicted molar refractivity (Wildman–Crippen MR) is 68.0 cm³/mol. The Balaban J connectivity index is 1.93. The zero-order chi connectivity index (χ0) is 13.0. The van der Waals surface area contributed by atoms with Crippen molar-refractivity contribution in [3.05, 3.63) is 23.9 Å². The Bertz CT molecular complexity index is 480. The van der Waals surface area contributed by atoms with E-state index in [1.165, 1.54) is 0 Å². The Labute approximate surface area is 107 Å². The molecule has 1 aromatic heterocycles. The summed E-state index contributed by atoms with van der Waals surface area (Å²) in [5.74, 6) is 1.00. The summed E-state index contributed by atoms with van der Waals surface area (Å²) in [4.78, 5) is 19.5. The van der Waals surface area contributed by atoms with Gasteiger partial charge in [-0.1, -0.05) is 6.07 Å². The van der Waals surface area contributed by atoms with Crippen molar-refractivity contribution in [2.24, 2.45) is 0 Å². The van der Waals surface area contributed by atoms with E-state index in [0.29, 0.717) is 18.7 Å². The first-order valence-electron chi connectivity index (χ1n) is 6.07. The standard InChI is InChI=1S/C13H16N4O/c1-16(8-9-17-7-3-6-13(17)18)12-5-2-4-11(10-14)15-12/h2,4-5H,3,6-9H2,1H3. The van der Waals surface area contributed by atoms with Crippen molar-refractivity contribution in [2.75, 3.05) is 31.6 Å². The van der Waals surface area contributed by atoms with Crippen molar-refractivity contribution in [3.63, 3.8) is 0 Å². The predicted octanol–water partition coefficient (Wildman–Crippen LogP) is 1.01. The Morgan fingerprint density at radius 2 is 2.39 bits per heavy atom. The van der Waals surface area contributed by atoms with Gasteiger partial charge in [-0.3, -0.25) is 4.79 Å². The molecule has 1 aliphatic rings. The van der Waals surface area contributed by atoms with Crippen LogP contribution in [0.25, 0.3) is 0 Å². The normalized spacial score (nSPS) is 14.7. The number of aromatic nitrogens is 1. The summed E-state index contributed by atoms with van der Waals surface area (Å²) in [5, 5.41) is 8.80. The Morgan fingerprint density at radius 3 is 3.06 bits per heavy atom. The van der Waals surface area contributed by atoms with Gasteiger partial charge in [0.15, 0.2) is 0 Å². The highest BCUT2D eigenvalue weighted by molar-refractivity contribution is 5.78. The maximum atomic E-state index is 11.5. The van der Waals surface area contributed by atoms with Crippen LogP contribution in [0, 0.1) is 11.3 Å². The number of likely N-dealkylation sites (N-methyl/N-ethyl adjacent to an activating group) is 1. The third kappa shape index (κ3) is 2.77. The quantitative estimate of drug-likeness (QED) is 0.793. The van der Waals surface area contributed by atoms with E-state index < -0.39 is 0 Å². The molecule has 1 aromatic rings. The highest BCUT2D eigenvalue weighted by Gasteiger charge is 2.19. The number of hydrogen-bond donors (Lipinski definition) is 0. The molecule has 0 aromatic carbocycles. The summed E-state index contributed by atoms with van der Waals surface area (Å²) in [6, 6.07) is 7.39. The van der Waals surface area contributed by atoms with Crippen molar-refractivity contribution in [2.45, 2.75) is 12.8 Å². The molecule has 0 N–H and O–H groups in total. The molecule has 1 fully saturated rings. The number of likely N-dealkylation sites (tertiary alicyclic amines) is 1. The lowest BCUT2D eigenvalue weighted by atomic mass is 10.3. The van der Waals surface area contributed by atoms with Gasteiger partial charge in [0, 0.05) is 33.1 Å². The molecule has 0 unspecified atom stereocenters. The smallest absolute Gasteiger partial charge is 0.222 e. The van der Waals surface area contributed by atoms with Crippen LogP contribution in [0.2, 0.25) is 0 Å². The summed E-state index contributed by atoms with van der Waals surface area (Å²) >= 11 is 0. The van der Waals surface area contributed by atoms with Gasteiger partial charge in [0.2, 0.25) is 5.91 Å². The van der Waals surface area contributed by atoms with Gasteiger partial charge in [0.05, 0.1) is 0 Å². The lowest BCUT2D eigenvalue weighted by Gasteiger charge is -2.22. The van der Waals surface area contributed by atoms with Crippen LogP contribution in [0.3, 0.4) is 0 Å². The lowest BCUT2D eigenvalue weighted by Crippen LogP contribution is -2.34. The van der Waals surface area contributed by atoms with Crippen LogP contribution in [-0.2, 0) is 4.79 Å². The highest BCUT2D eigenvalue weighted by atomic mass is 16.2. The Hall–Kier alpha value is -2.09. The molecule has 94 valence electrons. The van der Waals surface area contributed by atoms with E-state index in [0.717, 1.165) is 25.3 Å². The molecule has 1 amide bonds. The van der Waals surface area contributed by atoms with Gasteiger partial charge in [-0.05, 0) is 18.6 Å². The molecule has 0 spiro atoms. The van der Waals surface area contributed by atoms with Crippen LogP contribution in [0.4, 0.5) is 5.82 Å².